The second kappa shape index (κ2) is 6.52. The molecule has 0 amide bonds. The molecule has 0 spiro atoms. The zero-order valence-corrected chi connectivity index (χ0v) is 13.5. The van der Waals surface area contributed by atoms with Crippen molar-refractivity contribution in [2.24, 2.45) is 0 Å². The predicted molar refractivity (Wildman–Crippen MR) is 83.9 cm³/mol. The van der Waals surface area contributed by atoms with E-state index in [0.717, 1.165) is 5.56 Å². The lowest BCUT2D eigenvalue weighted by Gasteiger charge is -2.18. The second-order valence-electron chi connectivity index (χ2n) is 4.42. The molecule has 106 valence electrons. The van der Waals surface area contributed by atoms with E-state index in [4.69, 9.17) is 0 Å². The Morgan fingerprint density at radius 1 is 1.05 bits per heavy atom. The van der Waals surface area contributed by atoms with Gasteiger partial charge in [0, 0.05) is 10.5 Å². The molecule has 0 aliphatic carbocycles. The van der Waals surface area contributed by atoms with Gasteiger partial charge in [-0.1, -0.05) is 49.4 Å². The predicted octanol–water partition coefficient (Wildman–Crippen LogP) is 3.88. The first-order valence-corrected chi connectivity index (χ1v) is 8.64. The smallest absolute Gasteiger partial charge is 0.207 e. The van der Waals surface area contributed by atoms with Crippen LogP contribution >= 0.6 is 15.9 Å². The van der Waals surface area contributed by atoms with Gasteiger partial charge >= 0.3 is 0 Å². The van der Waals surface area contributed by atoms with Crippen LogP contribution in [0.4, 0.5) is 0 Å². The molecule has 0 heterocycles. The highest BCUT2D eigenvalue weighted by atomic mass is 79.9. The van der Waals surface area contributed by atoms with E-state index in [1.54, 1.807) is 24.3 Å². The molecule has 1 unspecified atom stereocenters. The number of benzene rings is 2. The fourth-order valence-corrected chi connectivity index (χ4v) is 4.30. The summed E-state index contributed by atoms with van der Waals surface area (Å²) >= 11 is 3.28. The van der Waals surface area contributed by atoms with Crippen LogP contribution in [-0.2, 0) is 10.0 Å². The molecular weight excluding hydrogens is 338 g/mol. The minimum atomic E-state index is -3.55. The molecule has 3 nitrogen and oxygen atoms in total. The van der Waals surface area contributed by atoms with Gasteiger partial charge in [-0.3, -0.25) is 0 Å². The Balaban J connectivity index is 2.30. The maximum Gasteiger partial charge on any atom is 0.242 e. The van der Waals surface area contributed by atoms with Crippen molar-refractivity contribution in [1.29, 1.82) is 0 Å². The summed E-state index contributed by atoms with van der Waals surface area (Å²) in [6.45, 7) is 1.96. The van der Waals surface area contributed by atoms with E-state index < -0.39 is 10.0 Å². The first-order chi connectivity index (χ1) is 9.54. The number of hydrogen-bond acceptors (Lipinski definition) is 2. The van der Waals surface area contributed by atoms with Gasteiger partial charge in [0.1, 0.15) is 0 Å². The van der Waals surface area contributed by atoms with E-state index in [9.17, 15) is 8.42 Å². The Kier molecular flexibility index (Phi) is 4.96. The Morgan fingerprint density at radius 3 is 2.25 bits per heavy atom. The molecule has 20 heavy (non-hydrogen) atoms. The minimum Gasteiger partial charge on any atom is -0.207 e. The highest BCUT2D eigenvalue weighted by molar-refractivity contribution is 9.10. The van der Waals surface area contributed by atoms with Crippen molar-refractivity contribution < 1.29 is 8.42 Å². The molecule has 0 saturated heterocycles. The average molecular weight is 354 g/mol. The van der Waals surface area contributed by atoms with E-state index in [0.29, 0.717) is 10.9 Å². The molecule has 5 heteroatoms. The molecule has 1 N–H and O–H groups in total. The minimum absolute atomic E-state index is 0.228. The van der Waals surface area contributed by atoms with Gasteiger partial charge in [-0.15, -0.1) is 0 Å². The molecule has 1 atom stereocenters. The fraction of sp³-hybridized carbons (Fsp3) is 0.200. The summed E-state index contributed by atoms with van der Waals surface area (Å²) in [5, 5.41) is 0. The van der Waals surface area contributed by atoms with E-state index in [1.165, 1.54) is 0 Å². The molecule has 0 fully saturated rings. The molecule has 0 aromatic heterocycles. The summed E-state index contributed by atoms with van der Waals surface area (Å²) in [7, 11) is -3.55. The van der Waals surface area contributed by atoms with E-state index in [2.05, 4.69) is 20.7 Å². The molecular formula is C15H16BrNO2S. The molecule has 2 rings (SSSR count). The van der Waals surface area contributed by atoms with Crippen LogP contribution in [0.2, 0.25) is 0 Å². The van der Waals surface area contributed by atoms with Crippen molar-refractivity contribution in [3.05, 3.63) is 64.6 Å². The molecule has 2 aromatic rings. The van der Waals surface area contributed by atoms with Crippen LogP contribution in [0.25, 0.3) is 0 Å². The topological polar surface area (TPSA) is 46.2 Å². The molecule has 0 radical (unpaired) electrons. The van der Waals surface area contributed by atoms with Crippen LogP contribution in [0, 0.1) is 0 Å². The monoisotopic (exact) mass is 353 g/mol. The van der Waals surface area contributed by atoms with Crippen LogP contribution in [0.15, 0.2) is 64.0 Å². The van der Waals surface area contributed by atoms with Gasteiger partial charge in [0.15, 0.2) is 0 Å². The highest BCUT2D eigenvalue weighted by Gasteiger charge is 2.21. The standard InChI is InChI=1S/C15H16BrNO2S/c1-2-14(12-8-4-3-5-9-12)17-20(18,19)15-11-7-6-10-13(15)16/h3-11,14,17H,2H2,1H3. The van der Waals surface area contributed by atoms with Gasteiger partial charge in [-0.25, -0.2) is 13.1 Å². The second-order valence-corrected chi connectivity index (χ2v) is 6.96. The Bertz CT molecular complexity index is 671. The summed E-state index contributed by atoms with van der Waals surface area (Å²) in [6, 6.07) is 16.2. The number of sulfonamides is 1. The lowest BCUT2D eigenvalue weighted by Crippen LogP contribution is -2.28. The average Bonchev–Trinajstić information content (AvgIpc) is 2.46. The van der Waals surface area contributed by atoms with Crippen LogP contribution in [0.5, 0.6) is 0 Å². The van der Waals surface area contributed by atoms with Crippen molar-refractivity contribution in [3.8, 4) is 0 Å². The van der Waals surface area contributed by atoms with Crippen molar-refractivity contribution in [2.75, 3.05) is 0 Å². The number of nitrogens with one attached hydrogen (secondary N) is 1. The quantitative estimate of drug-likeness (QED) is 0.886. The normalized spacial score (nSPS) is 13.1. The van der Waals surface area contributed by atoms with Crippen LogP contribution in [-0.4, -0.2) is 8.42 Å². The van der Waals surface area contributed by atoms with E-state index in [1.807, 2.05) is 37.3 Å². The van der Waals surface area contributed by atoms with E-state index >= 15 is 0 Å². The molecule has 0 saturated carbocycles. The van der Waals surface area contributed by atoms with Crippen molar-refractivity contribution in [1.82, 2.24) is 4.72 Å². The molecule has 0 aliphatic rings. The Labute approximate surface area is 128 Å². The molecule has 2 aromatic carbocycles. The Morgan fingerprint density at radius 2 is 1.65 bits per heavy atom. The summed E-state index contributed by atoms with van der Waals surface area (Å²) in [5.41, 5.74) is 0.964. The van der Waals surface area contributed by atoms with Gasteiger partial charge in [-0.2, -0.15) is 0 Å². The first-order valence-electron chi connectivity index (χ1n) is 6.36. The lowest BCUT2D eigenvalue weighted by atomic mass is 10.1. The van der Waals surface area contributed by atoms with Crippen LogP contribution in [0.3, 0.4) is 0 Å². The summed E-state index contributed by atoms with van der Waals surface area (Å²) in [5.74, 6) is 0. The summed E-state index contributed by atoms with van der Waals surface area (Å²) < 4.78 is 28.2. The van der Waals surface area contributed by atoms with Crippen molar-refractivity contribution >= 4 is 26.0 Å². The van der Waals surface area contributed by atoms with Crippen LogP contribution in [0.1, 0.15) is 24.9 Å². The number of rotatable bonds is 5. The molecule has 0 bridgehead atoms. The maximum atomic E-state index is 12.5. The third kappa shape index (κ3) is 3.48. The number of hydrogen-bond donors (Lipinski definition) is 1. The van der Waals surface area contributed by atoms with Gasteiger partial charge in [0.2, 0.25) is 10.0 Å². The SMILES string of the molecule is CCC(NS(=O)(=O)c1ccccc1Br)c1ccccc1. The summed E-state index contributed by atoms with van der Waals surface area (Å²) in [4.78, 5) is 0.259. The largest absolute Gasteiger partial charge is 0.242 e. The van der Waals surface area contributed by atoms with Crippen LogP contribution < -0.4 is 4.72 Å². The van der Waals surface area contributed by atoms with E-state index in [-0.39, 0.29) is 10.9 Å². The highest BCUT2D eigenvalue weighted by Crippen LogP contribution is 2.24. The fourth-order valence-electron chi connectivity index (χ4n) is 1.99. The summed E-state index contributed by atoms with van der Waals surface area (Å²) in [6.07, 6.45) is 0.688. The lowest BCUT2D eigenvalue weighted by molar-refractivity contribution is 0.549. The number of halogens is 1. The van der Waals surface area contributed by atoms with Gasteiger partial charge in [0.05, 0.1) is 4.90 Å². The molecule has 0 aliphatic heterocycles. The van der Waals surface area contributed by atoms with Crippen molar-refractivity contribution in [2.45, 2.75) is 24.3 Å². The third-order valence-corrected chi connectivity index (χ3v) is 5.52. The van der Waals surface area contributed by atoms with Gasteiger partial charge in [-0.05, 0) is 40.0 Å². The van der Waals surface area contributed by atoms with Crippen molar-refractivity contribution in [3.63, 3.8) is 0 Å². The van der Waals surface area contributed by atoms with Gasteiger partial charge < -0.3 is 0 Å². The zero-order chi connectivity index (χ0) is 14.6. The first kappa shape index (κ1) is 15.2. The zero-order valence-electron chi connectivity index (χ0n) is 11.1. The third-order valence-electron chi connectivity index (χ3n) is 3.03. The maximum absolute atomic E-state index is 12.5. The van der Waals surface area contributed by atoms with Gasteiger partial charge in [0.25, 0.3) is 0 Å². The Hall–Kier alpha value is -1.17.